The molecule has 1 atom stereocenters. The third-order valence-corrected chi connectivity index (χ3v) is 7.00. The van der Waals surface area contributed by atoms with Crippen LogP contribution in [0.5, 0.6) is 0 Å². The number of nitrogens with zero attached hydrogens (tertiary/aromatic N) is 2. The van der Waals surface area contributed by atoms with Gasteiger partial charge in [-0.2, -0.15) is 0 Å². The number of rotatable bonds is 5. The minimum absolute atomic E-state index is 0.0288. The topological polar surface area (TPSA) is 97.1 Å². The van der Waals surface area contributed by atoms with E-state index in [0.717, 1.165) is 36.6 Å². The molecule has 2 aromatic heterocycles. The number of hydrogen-bond donors (Lipinski definition) is 2. The highest BCUT2D eigenvalue weighted by atomic mass is 35.5. The number of thiophene rings is 1. The Bertz CT molecular complexity index is 1060. The molecule has 2 heterocycles. The zero-order valence-electron chi connectivity index (χ0n) is 16.1. The summed E-state index contributed by atoms with van der Waals surface area (Å²) in [5.41, 5.74) is 6.89. The van der Waals surface area contributed by atoms with Crippen LogP contribution in [0.4, 0.5) is 0 Å². The molecular formula is C20H19ClN4O3S2. The molecule has 0 spiro atoms. The fraction of sp³-hybridized carbons (Fsp3) is 0.300. The predicted octanol–water partition coefficient (Wildman–Crippen LogP) is 4.13. The fourth-order valence-corrected chi connectivity index (χ4v) is 4.94. The summed E-state index contributed by atoms with van der Waals surface area (Å²) in [6.07, 6.45) is 3.17. The van der Waals surface area contributed by atoms with Gasteiger partial charge in [-0.1, -0.05) is 30.3 Å². The van der Waals surface area contributed by atoms with E-state index in [0.29, 0.717) is 21.7 Å². The Morgan fingerprint density at radius 2 is 2.07 bits per heavy atom. The van der Waals surface area contributed by atoms with E-state index in [4.69, 9.17) is 16.0 Å². The van der Waals surface area contributed by atoms with Gasteiger partial charge in [0.15, 0.2) is 0 Å². The Hall–Kier alpha value is -2.36. The third-order valence-electron chi connectivity index (χ3n) is 4.69. The fourth-order valence-electron chi connectivity index (χ4n) is 3.15. The lowest BCUT2D eigenvalue weighted by atomic mass is 9.90. The van der Waals surface area contributed by atoms with E-state index in [1.54, 1.807) is 24.3 Å². The number of benzene rings is 1. The first kappa shape index (κ1) is 20.9. The van der Waals surface area contributed by atoms with Gasteiger partial charge in [0, 0.05) is 15.5 Å². The third kappa shape index (κ3) is 5.03. The summed E-state index contributed by atoms with van der Waals surface area (Å²) in [7, 11) is 0. The van der Waals surface area contributed by atoms with Crippen molar-refractivity contribution in [3.63, 3.8) is 0 Å². The van der Waals surface area contributed by atoms with Gasteiger partial charge >= 0.3 is 0 Å². The van der Waals surface area contributed by atoms with Crippen LogP contribution in [-0.2, 0) is 17.6 Å². The largest absolute Gasteiger partial charge is 0.411 e. The van der Waals surface area contributed by atoms with Crippen LogP contribution in [0.25, 0.3) is 11.5 Å². The molecule has 10 heteroatoms. The summed E-state index contributed by atoms with van der Waals surface area (Å²) in [5.74, 6) is 0.349. The number of fused-ring (bicyclic) bond motifs is 1. The summed E-state index contributed by atoms with van der Waals surface area (Å²) in [6.45, 7) is 2.22. The van der Waals surface area contributed by atoms with Crippen LogP contribution in [0.15, 0.2) is 40.0 Å². The summed E-state index contributed by atoms with van der Waals surface area (Å²) in [6, 6.07) is 8.94. The van der Waals surface area contributed by atoms with Crippen LogP contribution in [0.1, 0.15) is 33.5 Å². The SMILES string of the molecule is C[C@@H]1CCc2sc(C(=O)NNC(=O)CSc3nnc(-c4ccc(Cl)cc4)o3)cc2C1. The second-order valence-electron chi connectivity index (χ2n) is 7.08. The van der Waals surface area contributed by atoms with Gasteiger partial charge in [-0.15, -0.1) is 21.5 Å². The molecule has 3 aromatic rings. The summed E-state index contributed by atoms with van der Waals surface area (Å²) < 4.78 is 5.54. The normalized spacial score (nSPS) is 15.5. The highest BCUT2D eigenvalue weighted by Crippen LogP contribution is 2.32. The van der Waals surface area contributed by atoms with E-state index in [2.05, 4.69) is 28.0 Å². The van der Waals surface area contributed by atoms with Crippen LogP contribution in [-0.4, -0.2) is 27.8 Å². The molecule has 4 rings (SSSR count). The molecule has 0 bridgehead atoms. The Morgan fingerprint density at radius 3 is 2.87 bits per heavy atom. The van der Waals surface area contributed by atoms with E-state index in [-0.39, 0.29) is 22.8 Å². The predicted molar refractivity (Wildman–Crippen MR) is 117 cm³/mol. The molecule has 1 aliphatic carbocycles. The van der Waals surface area contributed by atoms with Crippen molar-refractivity contribution in [3.05, 3.63) is 50.7 Å². The van der Waals surface area contributed by atoms with Crippen molar-refractivity contribution in [1.29, 1.82) is 0 Å². The quantitative estimate of drug-likeness (QED) is 0.437. The highest BCUT2D eigenvalue weighted by Gasteiger charge is 2.21. The van der Waals surface area contributed by atoms with Gasteiger partial charge in [-0.25, -0.2) is 0 Å². The first-order valence-corrected chi connectivity index (χ1v) is 11.6. The number of aryl methyl sites for hydroxylation is 1. The lowest BCUT2D eigenvalue weighted by Gasteiger charge is -2.16. The van der Waals surface area contributed by atoms with Gasteiger partial charge in [0.05, 0.1) is 10.6 Å². The van der Waals surface area contributed by atoms with E-state index >= 15 is 0 Å². The van der Waals surface area contributed by atoms with Crippen LogP contribution in [0.2, 0.25) is 5.02 Å². The van der Waals surface area contributed by atoms with Crippen molar-refractivity contribution in [2.24, 2.45) is 5.92 Å². The number of hydrazine groups is 1. The van der Waals surface area contributed by atoms with Gasteiger partial charge in [0.1, 0.15) is 0 Å². The Balaban J connectivity index is 1.25. The number of halogens is 1. The molecule has 0 fully saturated rings. The molecular weight excluding hydrogens is 444 g/mol. The Morgan fingerprint density at radius 1 is 1.27 bits per heavy atom. The lowest BCUT2D eigenvalue weighted by molar-refractivity contribution is -0.119. The first-order chi connectivity index (χ1) is 14.5. The van der Waals surface area contributed by atoms with Crippen LogP contribution < -0.4 is 10.9 Å². The van der Waals surface area contributed by atoms with Crippen molar-refractivity contribution in [2.45, 2.75) is 31.4 Å². The minimum atomic E-state index is -0.366. The minimum Gasteiger partial charge on any atom is -0.411 e. The maximum absolute atomic E-state index is 12.3. The van der Waals surface area contributed by atoms with Crippen molar-refractivity contribution in [3.8, 4) is 11.5 Å². The van der Waals surface area contributed by atoms with Gasteiger partial charge in [-0.05, 0) is 61.1 Å². The van der Waals surface area contributed by atoms with E-state index in [1.807, 2.05) is 6.07 Å². The van der Waals surface area contributed by atoms with Crippen molar-refractivity contribution in [2.75, 3.05) is 5.75 Å². The maximum atomic E-state index is 12.3. The second-order valence-corrected chi connectivity index (χ2v) is 9.58. The molecule has 2 N–H and O–H groups in total. The number of carbonyl (C=O) groups excluding carboxylic acids is 2. The monoisotopic (exact) mass is 462 g/mol. The highest BCUT2D eigenvalue weighted by molar-refractivity contribution is 7.99. The summed E-state index contributed by atoms with van der Waals surface area (Å²) >= 11 is 8.46. The van der Waals surface area contributed by atoms with Crippen molar-refractivity contribution in [1.82, 2.24) is 21.0 Å². The molecule has 1 aromatic carbocycles. The van der Waals surface area contributed by atoms with Gasteiger partial charge in [0.2, 0.25) is 11.8 Å². The first-order valence-electron chi connectivity index (χ1n) is 9.41. The smallest absolute Gasteiger partial charge is 0.279 e. The number of amides is 2. The zero-order chi connectivity index (χ0) is 21.1. The molecule has 2 amide bonds. The average molecular weight is 463 g/mol. The molecule has 156 valence electrons. The molecule has 0 saturated carbocycles. The van der Waals surface area contributed by atoms with Gasteiger partial charge in [0.25, 0.3) is 11.1 Å². The molecule has 1 aliphatic rings. The summed E-state index contributed by atoms with van der Waals surface area (Å²) in [4.78, 5) is 26.3. The molecule has 0 radical (unpaired) electrons. The molecule has 7 nitrogen and oxygen atoms in total. The number of hydrogen-bond acceptors (Lipinski definition) is 7. The van der Waals surface area contributed by atoms with Crippen LogP contribution >= 0.6 is 34.7 Å². The number of carbonyl (C=O) groups is 2. The second kappa shape index (κ2) is 9.20. The molecule has 0 unspecified atom stereocenters. The van der Waals surface area contributed by atoms with E-state index in [1.165, 1.54) is 21.8 Å². The maximum Gasteiger partial charge on any atom is 0.279 e. The lowest BCUT2D eigenvalue weighted by Crippen LogP contribution is -2.42. The average Bonchev–Trinajstić information content (AvgIpc) is 3.37. The zero-order valence-corrected chi connectivity index (χ0v) is 18.5. The number of aromatic nitrogens is 2. The number of thioether (sulfide) groups is 1. The van der Waals surface area contributed by atoms with E-state index < -0.39 is 0 Å². The van der Waals surface area contributed by atoms with Crippen LogP contribution in [0.3, 0.4) is 0 Å². The Kier molecular flexibility index (Phi) is 6.40. The number of nitrogens with one attached hydrogen (secondary N) is 2. The molecule has 30 heavy (non-hydrogen) atoms. The molecule has 0 aliphatic heterocycles. The van der Waals surface area contributed by atoms with Gasteiger partial charge < -0.3 is 4.42 Å². The van der Waals surface area contributed by atoms with Crippen LogP contribution in [0, 0.1) is 5.92 Å². The van der Waals surface area contributed by atoms with Crippen molar-refractivity contribution < 1.29 is 14.0 Å². The standard InChI is InChI=1S/C20H19ClN4O3S2/c1-11-2-7-15-13(8-11)9-16(30-15)18(27)23-22-17(26)10-29-20-25-24-19(28-20)12-3-5-14(21)6-4-12/h3-6,9,11H,2,7-8,10H2,1H3,(H,22,26)(H,23,27)/t11-/m1/s1. The Labute approximate surface area is 186 Å². The summed E-state index contributed by atoms with van der Waals surface area (Å²) in [5, 5.41) is 8.76. The molecule has 0 saturated heterocycles. The van der Waals surface area contributed by atoms with E-state index in [9.17, 15) is 9.59 Å². The van der Waals surface area contributed by atoms with Gasteiger partial charge in [-0.3, -0.25) is 20.4 Å². The van der Waals surface area contributed by atoms with Crippen molar-refractivity contribution >= 4 is 46.5 Å².